The van der Waals surface area contributed by atoms with Gasteiger partial charge in [0.1, 0.15) is 11.5 Å². The fourth-order valence-corrected chi connectivity index (χ4v) is 8.90. The number of hydrogen-bond acceptors (Lipinski definition) is 6. The largest absolute Gasteiger partial charge is 0.426 e. The fraction of sp³-hybridized carbons (Fsp3) is 0.381. The number of fused-ring (bicyclic) bond motifs is 4. The third kappa shape index (κ3) is 5.45. The van der Waals surface area contributed by atoms with Crippen molar-refractivity contribution in [3.05, 3.63) is 106 Å². The summed E-state index contributed by atoms with van der Waals surface area (Å²) in [6.07, 6.45) is 6.03. The Kier molecular flexibility index (Phi) is 8.39. The number of carbonyl (C=O) groups excluding carboxylic acids is 2. The van der Waals surface area contributed by atoms with Gasteiger partial charge in [-0.15, -0.1) is 0 Å². The van der Waals surface area contributed by atoms with E-state index in [-0.39, 0.29) is 12.8 Å². The maximum Gasteiger partial charge on any atom is 0.311 e. The van der Waals surface area contributed by atoms with Gasteiger partial charge < -0.3 is 9.47 Å². The first-order valence-corrected chi connectivity index (χ1v) is 17.9. The van der Waals surface area contributed by atoms with Crippen molar-refractivity contribution in [1.29, 1.82) is 0 Å². The maximum absolute atomic E-state index is 13.3. The Hall–Kier alpha value is -4.26. The van der Waals surface area contributed by atoms with Gasteiger partial charge in [-0.1, -0.05) is 74.5 Å². The van der Waals surface area contributed by atoms with Gasteiger partial charge >= 0.3 is 11.9 Å². The third-order valence-corrected chi connectivity index (χ3v) is 10.9. The van der Waals surface area contributed by atoms with E-state index in [1.165, 1.54) is 44.5 Å². The summed E-state index contributed by atoms with van der Waals surface area (Å²) in [5.74, 6) is 0.294. The van der Waals surface area contributed by atoms with Crippen molar-refractivity contribution in [3.63, 3.8) is 0 Å². The summed E-state index contributed by atoms with van der Waals surface area (Å²) in [4.78, 5) is 31.7. The first-order chi connectivity index (χ1) is 23.5. The molecule has 6 nitrogen and oxygen atoms in total. The van der Waals surface area contributed by atoms with Gasteiger partial charge in [0.25, 0.3) is 0 Å². The Morgan fingerprint density at radius 2 is 1.02 bits per heavy atom. The first kappa shape index (κ1) is 31.0. The Balaban J connectivity index is 0.982. The Labute approximate surface area is 283 Å². The number of hydrogen-bond donors (Lipinski definition) is 0. The van der Waals surface area contributed by atoms with E-state index >= 15 is 0 Å². The van der Waals surface area contributed by atoms with E-state index in [2.05, 4.69) is 72.2 Å². The van der Waals surface area contributed by atoms with Crippen molar-refractivity contribution in [3.8, 4) is 33.8 Å². The monoisotopic (exact) mass is 640 g/mol. The average molecular weight is 641 g/mol. The van der Waals surface area contributed by atoms with Gasteiger partial charge in [-0.2, -0.15) is 0 Å². The number of carbonyl (C=O) groups is 2. The molecule has 0 aromatic heterocycles. The van der Waals surface area contributed by atoms with E-state index in [4.69, 9.17) is 9.47 Å². The summed E-state index contributed by atoms with van der Waals surface area (Å²) in [5.41, 5.74) is 12.3. The lowest BCUT2D eigenvalue weighted by molar-refractivity contribution is -0.140. The zero-order valence-electron chi connectivity index (χ0n) is 28.1. The molecule has 0 radical (unpaired) electrons. The molecule has 2 atom stereocenters. The van der Waals surface area contributed by atoms with Crippen molar-refractivity contribution in [2.24, 2.45) is 0 Å². The lowest BCUT2D eigenvalue weighted by Crippen LogP contribution is -2.38. The minimum Gasteiger partial charge on any atom is -0.426 e. The second-order valence-corrected chi connectivity index (χ2v) is 13.8. The highest BCUT2D eigenvalue weighted by Crippen LogP contribution is 2.50. The Bertz CT molecular complexity index is 1760. The molecule has 0 amide bonds. The predicted octanol–water partition coefficient (Wildman–Crippen LogP) is 8.04. The van der Waals surface area contributed by atoms with Crippen molar-refractivity contribution < 1.29 is 19.1 Å². The fourth-order valence-electron chi connectivity index (χ4n) is 8.90. The summed E-state index contributed by atoms with van der Waals surface area (Å²) < 4.78 is 12.0. The van der Waals surface area contributed by atoms with Crippen LogP contribution < -0.4 is 9.47 Å². The van der Waals surface area contributed by atoms with E-state index in [9.17, 15) is 9.59 Å². The minimum absolute atomic E-state index is 0.0495. The number of benzene rings is 4. The summed E-state index contributed by atoms with van der Waals surface area (Å²) in [7, 11) is 0. The van der Waals surface area contributed by atoms with Crippen molar-refractivity contribution in [1.82, 2.24) is 9.80 Å². The molecule has 0 N–H and O–H groups in total. The van der Waals surface area contributed by atoms with Gasteiger partial charge in [-0.3, -0.25) is 19.4 Å². The van der Waals surface area contributed by atoms with Crippen molar-refractivity contribution in [2.75, 3.05) is 26.2 Å². The normalized spacial score (nSPS) is 19.0. The Morgan fingerprint density at radius 1 is 0.604 bits per heavy atom. The van der Waals surface area contributed by atoms with Gasteiger partial charge in [0.2, 0.25) is 0 Å². The number of nitrogens with zero attached hydrogens (tertiary/aromatic N) is 2. The van der Waals surface area contributed by atoms with Crippen LogP contribution in [0.1, 0.15) is 85.0 Å². The van der Waals surface area contributed by atoms with E-state index < -0.39 is 11.9 Å². The molecule has 6 heteroatoms. The highest BCUT2D eigenvalue weighted by atomic mass is 16.5. The van der Waals surface area contributed by atoms with Crippen LogP contribution in [0.25, 0.3) is 22.3 Å². The second kappa shape index (κ2) is 13.0. The second-order valence-electron chi connectivity index (χ2n) is 13.8. The van der Waals surface area contributed by atoms with Crippen molar-refractivity contribution in [2.45, 2.75) is 77.3 Å². The number of rotatable bonds is 9. The highest BCUT2D eigenvalue weighted by Gasteiger charge is 2.37. The summed E-state index contributed by atoms with van der Waals surface area (Å²) in [6.45, 7) is 8.79. The molecule has 4 aliphatic rings. The quantitative estimate of drug-likeness (QED) is 0.136. The summed E-state index contributed by atoms with van der Waals surface area (Å²) in [5, 5.41) is 0. The molecule has 4 aromatic carbocycles. The molecule has 2 aliphatic heterocycles. The zero-order valence-corrected chi connectivity index (χ0v) is 28.1. The molecule has 246 valence electrons. The molecule has 0 spiro atoms. The topological polar surface area (TPSA) is 59.1 Å². The van der Waals surface area contributed by atoms with Gasteiger partial charge in [-0.25, -0.2) is 0 Å². The van der Waals surface area contributed by atoms with Crippen LogP contribution in [0.2, 0.25) is 0 Å². The van der Waals surface area contributed by atoms with E-state index in [1.807, 2.05) is 24.3 Å². The van der Waals surface area contributed by atoms with Crippen LogP contribution in [0.4, 0.5) is 0 Å². The van der Waals surface area contributed by atoms with Crippen molar-refractivity contribution >= 4 is 11.9 Å². The van der Waals surface area contributed by atoms with Crippen LogP contribution in [0.15, 0.2) is 72.8 Å². The standard InChI is InChI=1S/C42H44N2O4/c1-3-21-43-23-19-27-9-5-13-31-39(27)33(43)25-29-11-7-15-35(41(29)31)47-37(45)17-18-38(46)48-36-16-8-12-30-26-34-40-28(20-24-44(34)22-4-2)10-6-14-32(40)42(30)36/h5-16,33-34H,3-4,17-26H2,1-2H3/t33-,34-/m1/s1. The van der Waals surface area contributed by atoms with Gasteiger partial charge in [0.15, 0.2) is 0 Å². The lowest BCUT2D eigenvalue weighted by Gasteiger charge is -2.41. The molecule has 0 fully saturated rings. The first-order valence-electron chi connectivity index (χ1n) is 17.9. The van der Waals surface area contributed by atoms with E-state index in [0.29, 0.717) is 23.6 Å². The third-order valence-electron chi connectivity index (χ3n) is 10.9. The minimum atomic E-state index is -0.425. The summed E-state index contributed by atoms with van der Waals surface area (Å²) in [6, 6.07) is 25.8. The SMILES string of the molecule is CCCN1CCc2cccc3c2[C@H]1Cc1cccc(OC(=O)CCC(=O)Oc2cccc4c2-c2cccc5c2[C@@H](C4)N(CCC)CC5)c1-3. The van der Waals surface area contributed by atoms with Crippen LogP contribution in [-0.4, -0.2) is 47.9 Å². The number of ether oxygens (including phenoxy) is 2. The van der Waals surface area contributed by atoms with Crippen LogP contribution >= 0.6 is 0 Å². The van der Waals surface area contributed by atoms with E-state index in [1.54, 1.807) is 0 Å². The highest BCUT2D eigenvalue weighted by molar-refractivity contribution is 5.87. The molecule has 0 saturated carbocycles. The smallest absolute Gasteiger partial charge is 0.311 e. The van der Waals surface area contributed by atoms with Crippen LogP contribution in [-0.2, 0) is 35.3 Å². The van der Waals surface area contributed by atoms with Gasteiger partial charge in [0, 0.05) is 36.3 Å². The lowest BCUT2D eigenvalue weighted by atomic mass is 9.77. The van der Waals surface area contributed by atoms with E-state index in [0.717, 1.165) is 75.8 Å². The molecular weight excluding hydrogens is 596 g/mol. The predicted molar refractivity (Wildman–Crippen MR) is 188 cm³/mol. The number of esters is 2. The Morgan fingerprint density at radius 3 is 1.46 bits per heavy atom. The van der Waals surface area contributed by atoms with Gasteiger partial charge in [0.05, 0.1) is 12.8 Å². The van der Waals surface area contributed by atoms with Gasteiger partial charge in [-0.05, 0) is 108 Å². The van der Waals surface area contributed by atoms with Crippen LogP contribution in [0, 0.1) is 0 Å². The average Bonchev–Trinajstić information content (AvgIpc) is 3.10. The van der Waals surface area contributed by atoms with Crippen LogP contribution in [0.3, 0.4) is 0 Å². The molecule has 0 unspecified atom stereocenters. The van der Waals surface area contributed by atoms with Crippen LogP contribution in [0.5, 0.6) is 11.5 Å². The molecule has 48 heavy (non-hydrogen) atoms. The summed E-state index contributed by atoms with van der Waals surface area (Å²) >= 11 is 0. The molecular formula is C42H44N2O4. The maximum atomic E-state index is 13.3. The molecule has 2 aliphatic carbocycles. The molecule has 0 bridgehead atoms. The molecule has 8 rings (SSSR count). The molecule has 2 heterocycles. The zero-order chi connectivity index (χ0) is 32.8. The molecule has 0 saturated heterocycles. The molecule has 4 aromatic rings.